The van der Waals surface area contributed by atoms with Gasteiger partial charge in [-0.15, -0.1) is 0 Å². The molecule has 1 fully saturated rings. The Bertz CT molecular complexity index is 1060. The second-order valence-corrected chi connectivity index (χ2v) is 8.87. The van der Waals surface area contributed by atoms with Gasteiger partial charge in [-0.2, -0.15) is 0 Å². The Morgan fingerprint density at radius 3 is 2.03 bits per heavy atom. The molecule has 1 aliphatic carbocycles. The Balaban J connectivity index is 1.18. The van der Waals surface area contributed by atoms with Crippen LogP contribution in [0.25, 0.3) is 11.1 Å². The van der Waals surface area contributed by atoms with Crippen LogP contribution in [0.1, 0.15) is 41.0 Å². The minimum atomic E-state index is -0.207. The first-order valence-corrected chi connectivity index (χ1v) is 11.5. The summed E-state index contributed by atoms with van der Waals surface area (Å²) in [5.74, 6) is 0.624. The molecule has 3 aromatic rings. The zero-order chi connectivity index (χ0) is 21.9. The highest BCUT2D eigenvalue weighted by Gasteiger charge is 2.30. The standard InChI is InChI=1S/C28H29NO3/c30-18-22-8-2-1-7-21(22)17-20-13-15-29(16-14-20)28(31)32-19-27-25-11-5-3-9-23(25)24-10-4-6-12-26(24)27/h1-12,20,27,30H,13-19H2. The third-order valence-electron chi connectivity index (χ3n) is 7.01. The van der Waals surface area contributed by atoms with Crippen molar-refractivity contribution in [2.24, 2.45) is 5.92 Å². The number of fused-ring (bicyclic) bond motifs is 3. The fourth-order valence-corrected chi connectivity index (χ4v) is 5.23. The van der Waals surface area contributed by atoms with E-state index in [4.69, 9.17) is 4.74 Å². The van der Waals surface area contributed by atoms with Crippen molar-refractivity contribution < 1.29 is 14.6 Å². The minimum Gasteiger partial charge on any atom is -0.448 e. The van der Waals surface area contributed by atoms with Crippen molar-refractivity contribution in [2.45, 2.75) is 31.8 Å². The van der Waals surface area contributed by atoms with Crippen LogP contribution in [0.4, 0.5) is 4.79 Å². The number of aliphatic hydroxyl groups is 1. The minimum absolute atomic E-state index is 0.0781. The van der Waals surface area contributed by atoms with Crippen molar-refractivity contribution in [1.29, 1.82) is 0 Å². The molecule has 0 radical (unpaired) electrons. The van der Waals surface area contributed by atoms with Gasteiger partial charge in [0.05, 0.1) is 6.61 Å². The summed E-state index contributed by atoms with van der Waals surface area (Å²) in [5, 5.41) is 9.56. The number of carbonyl (C=O) groups excluding carboxylic acids is 1. The Morgan fingerprint density at radius 2 is 1.41 bits per heavy atom. The zero-order valence-electron chi connectivity index (χ0n) is 18.2. The molecule has 1 saturated heterocycles. The molecule has 0 unspecified atom stereocenters. The molecule has 1 N–H and O–H groups in total. The molecule has 4 nitrogen and oxygen atoms in total. The van der Waals surface area contributed by atoms with Crippen molar-refractivity contribution >= 4 is 6.09 Å². The van der Waals surface area contributed by atoms with Crippen LogP contribution in [-0.2, 0) is 17.8 Å². The normalized spacial score (nSPS) is 16.0. The van der Waals surface area contributed by atoms with E-state index in [0.717, 1.165) is 37.9 Å². The van der Waals surface area contributed by atoms with Crippen molar-refractivity contribution in [2.75, 3.05) is 19.7 Å². The van der Waals surface area contributed by atoms with Crippen LogP contribution in [0.15, 0.2) is 72.8 Å². The highest BCUT2D eigenvalue weighted by molar-refractivity contribution is 5.79. The molecule has 1 heterocycles. The van der Waals surface area contributed by atoms with Crippen LogP contribution in [0.2, 0.25) is 0 Å². The van der Waals surface area contributed by atoms with Gasteiger partial charge in [-0.3, -0.25) is 0 Å². The van der Waals surface area contributed by atoms with E-state index in [1.807, 2.05) is 23.1 Å². The van der Waals surface area contributed by atoms with Gasteiger partial charge in [0.15, 0.2) is 0 Å². The van der Waals surface area contributed by atoms with E-state index < -0.39 is 0 Å². The molecule has 32 heavy (non-hydrogen) atoms. The monoisotopic (exact) mass is 427 g/mol. The second-order valence-electron chi connectivity index (χ2n) is 8.87. The average Bonchev–Trinajstić information content (AvgIpc) is 3.17. The van der Waals surface area contributed by atoms with Crippen LogP contribution in [0.3, 0.4) is 0 Å². The van der Waals surface area contributed by atoms with Crippen LogP contribution in [-0.4, -0.2) is 35.8 Å². The lowest BCUT2D eigenvalue weighted by Crippen LogP contribution is -2.39. The Labute approximate surface area is 189 Å². The number of likely N-dealkylation sites (tertiary alicyclic amines) is 1. The van der Waals surface area contributed by atoms with Crippen molar-refractivity contribution in [3.05, 3.63) is 95.1 Å². The van der Waals surface area contributed by atoms with Crippen LogP contribution in [0, 0.1) is 5.92 Å². The predicted octanol–water partition coefficient (Wildman–Crippen LogP) is 5.38. The molecule has 4 heteroatoms. The van der Waals surface area contributed by atoms with Crippen molar-refractivity contribution in [1.82, 2.24) is 4.90 Å². The summed E-state index contributed by atoms with van der Waals surface area (Å²) >= 11 is 0. The van der Waals surface area contributed by atoms with Crippen molar-refractivity contribution in [3.8, 4) is 11.1 Å². The average molecular weight is 428 g/mol. The third-order valence-corrected chi connectivity index (χ3v) is 7.01. The summed E-state index contributed by atoms with van der Waals surface area (Å²) in [4.78, 5) is 14.7. The van der Waals surface area contributed by atoms with Crippen molar-refractivity contribution in [3.63, 3.8) is 0 Å². The zero-order valence-corrected chi connectivity index (χ0v) is 18.2. The topological polar surface area (TPSA) is 49.8 Å². The first-order chi connectivity index (χ1) is 15.7. The van der Waals surface area contributed by atoms with E-state index in [1.54, 1.807) is 0 Å². The summed E-state index contributed by atoms with van der Waals surface area (Å²) in [6.45, 7) is 1.90. The van der Waals surface area contributed by atoms with Gasteiger partial charge in [-0.25, -0.2) is 4.79 Å². The molecule has 0 aromatic heterocycles. The predicted molar refractivity (Wildman–Crippen MR) is 125 cm³/mol. The fraction of sp³-hybridized carbons (Fsp3) is 0.321. The van der Waals surface area contributed by atoms with Gasteiger partial charge < -0.3 is 14.7 Å². The van der Waals surface area contributed by atoms with E-state index in [1.165, 1.54) is 27.8 Å². The highest BCUT2D eigenvalue weighted by Crippen LogP contribution is 2.44. The number of hydrogen-bond acceptors (Lipinski definition) is 3. The maximum Gasteiger partial charge on any atom is 0.409 e. The number of hydrogen-bond donors (Lipinski definition) is 1. The molecule has 3 aromatic carbocycles. The fourth-order valence-electron chi connectivity index (χ4n) is 5.23. The smallest absolute Gasteiger partial charge is 0.409 e. The number of rotatable bonds is 5. The highest BCUT2D eigenvalue weighted by atomic mass is 16.6. The molecule has 0 bridgehead atoms. The van der Waals surface area contributed by atoms with E-state index >= 15 is 0 Å². The molecule has 0 atom stereocenters. The summed E-state index contributed by atoms with van der Waals surface area (Å²) in [7, 11) is 0. The summed E-state index contributed by atoms with van der Waals surface area (Å²) < 4.78 is 5.82. The molecule has 0 spiro atoms. The van der Waals surface area contributed by atoms with Crippen LogP contribution >= 0.6 is 0 Å². The Kier molecular flexibility index (Phi) is 5.95. The maximum atomic E-state index is 12.8. The van der Waals surface area contributed by atoms with E-state index in [-0.39, 0.29) is 18.6 Å². The van der Waals surface area contributed by atoms with E-state index in [2.05, 4.69) is 54.6 Å². The number of benzene rings is 3. The molecule has 0 saturated carbocycles. The quantitative estimate of drug-likeness (QED) is 0.595. The summed E-state index contributed by atoms with van der Waals surface area (Å²) in [6.07, 6.45) is 2.67. The largest absolute Gasteiger partial charge is 0.448 e. The van der Waals surface area contributed by atoms with Crippen LogP contribution < -0.4 is 0 Å². The van der Waals surface area contributed by atoms with Gasteiger partial charge in [-0.05, 0) is 58.6 Å². The molecular formula is C28H29NO3. The van der Waals surface area contributed by atoms with Gasteiger partial charge in [0.2, 0.25) is 0 Å². The number of amides is 1. The molecule has 1 amide bonds. The molecule has 164 valence electrons. The lowest BCUT2D eigenvalue weighted by Gasteiger charge is -2.32. The first kappa shape index (κ1) is 20.8. The number of aliphatic hydroxyl groups excluding tert-OH is 1. The Morgan fingerprint density at radius 1 is 0.844 bits per heavy atom. The SMILES string of the molecule is O=C(OCC1c2ccccc2-c2ccccc21)N1CCC(Cc2ccccc2CO)CC1. The number of ether oxygens (including phenoxy) is 1. The van der Waals surface area contributed by atoms with Crippen LogP contribution in [0.5, 0.6) is 0 Å². The van der Waals surface area contributed by atoms with E-state index in [9.17, 15) is 9.90 Å². The van der Waals surface area contributed by atoms with Gasteiger partial charge >= 0.3 is 6.09 Å². The van der Waals surface area contributed by atoms with Gasteiger partial charge in [-0.1, -0.05) is 72.8 Å². The number of nitrogens with zero attached hydrogens (tertiary/aromatic N) is 1. The molecule has 5 rings (SSSR count). The van der Waals surface area contributed by atoms with Gasteiger partial charge in [0, 0.05) is 19.0 Å². The maximum absolute atomic E-state index is 12.8. The Hall–Kier alpha value is -3.11. The third kappa shape index (κ3) is 4.03. The van der Waals surface area contributed by atoms with E-state index in [0.29, 0.717) is 12.5 Å². The summed E-state index contributed by atoms with van der Waals surface area (Å²) in [6, 6.07) is 24.9. The summed E-state index contributed by atoms with van der Waals surface area (Å²) in [5.41, 5.74) is 7.19. The second kappa shape index (κ2) is 9.17. The number of carbonyl (C=O) groups is 1. The molecule has 1 aliphatic heterocycles. The molecular weight excluding hydrogens is 398 g/mol. The van der Waals surface area contributed by atoms with Gasteiger partial charge in [0.1, 0.15) is 6.61 Å². The number of piperidine rings is 1. The first-order valence-electron chi connectivity index (χ1n) is 11.5. The van der Waals surface area contributed by atoms with Gasteiger partial charge in [0.25, 0.3) is 0 Å². The molecule has 2 aliphatic rings. The lowest BCUT2D eigenvalue weighted by atomic mass is 9.88. The lowest BCUT2D eigenvalue weighted by molar-refractivity contribution is 0.0855.